The molecule has 28 heteroatoms. The van der Waals surface area contributed by atoms with Crippen molar-refractivity contribution < 1.29 is 127 Å². The molecule has 0 spiro atoms. The van der Waals surface area contributed by atoms with Crippen LogP contribution in [-0.2, 0) is 57.2 Å². The van der Waals surface area contributed by atoms with Gasteiger partial charge in [0.25, 0.3) is 0 Å². The summed E-state index contributed by atoms with van der Waals surface area (Å²) in [4.78, 5) is 64.7. The molecule has 4 saturated carbocycles. The molecule has 4 rings (SSSR count). The van der Waals surface area contributed by atoms with Crippen LogP contribution in [0.1, 0.15) is 151 Å². The average molecular weight is 1230 g/mol. The summed E-state index contributed by atoms with van der Waals surface area (Å²) in [6.45, 7) is 25.0. The van der Waals surface area contributed by atoms with E-state index in [1.54, 1.807) is 6.92 Å². The smallest absolute Gasteiger partial charge is 0.425 e. The predicted octanol–water partition coefficient (Wildman–Crippen LogP) is 15.1. The van der Waals surface area contributed by atoms with Crippen molar-refractivity contribution in [2.45, 2.75) is 215 Å². The summed E-state index contributed by atoms with van der Waals surface area (Å²) in [5, 5.41) is 0. The fourth-order valence-electron chi connectivity index (χ4n) is 7.63. The molecule has 4 aliphatic carbocycles. The van der Waals surface area contributed by atoms with Gasteiger partial charge >= 0.3 is 71.9 Å². The lowest BCUT2D eigenvalue weighted by Gasteiger charge is -2.41. The van der Waals surface area contributed by atoms with Gasteiger partial charge in [-0.05, 0) is 118 Å². The van der Waals surface area contributed by atoms with Gasteiger partial charge in [0.2, 0.25) is 11.3 Å². The van der Waals surface area contributed by atoms with E-state index in [-0.39, 0.29) is 34.3 Å². The van der Waals surface area contributed by atoms with Gasteiger partial charge in [-0.25, -0.2) is 37.5 Å². The first-order valence-corrected chi connectivity index (χ1v) is 25.8. The number of rotatable bonds is 17. The third-order valence-electron chi connectivity index (χ3n) is 12.9. The van der Waals surface area contributed by atoms with Gasteiger partial charge in [-0.3, -0.25) is 0 Å². The molecule has 4 aliphatic rings. The van der Waals surface area contributed by atoms with Crippen molar-refractivity contribution in [2.24, 2.45) is 0 Å². The van der Waals surface area contributed by atoms with Crippen LogP contribution in [0.4, 0.5) is 70.2 Å². The van der Waals surface area contributed by atoms with Crippen molar-refractivity contribution >= 4 is 35.8 Å². The molecule has 0 saturated heterocycles. The molecule has 0 N–H and O–H groups in total. The Hall–Kier alpha value is -5.86. The predicted molar refractivity (Wildman–Crippen MR) is 271 cm³/mol. The van der Waals surface area contributed by atoms with Gasteiger partial charge in [-0.15, -0.1) is 0 Å². The first-order valence-electron chi connectivity index (χ1n) is 25.8. The van der Waals surface area contributed by atoms with E-state index in [2.05, 4.69) is 72.3 Å². The average Bonchev–Trinajstić information content (AvgIpc) is 4.06. The Morgan fingerprint density at radius 2 is 0.831 bits per heavy atom. The lowest BCUT2D eigenvalue weighted by Crippen LogP contribution is -2.61. The van der Waals surface area contributed by atoms with Crippen molar-refractivity contribution in [1.29, 1.82) is 0 Å². The number of carbonyl (C=O) groups excluding carboxylic acids is 6. The van der Waals surface area contributed by atoms with Crippen molar-refractivity contribution in [2.75, 3.05) is 19.8 Å². The number of esters is 6. The molecule has 0 radical (unpaired) electrons. The Morgan fingerprint density at radius 3 is 1.16 bits per heavy atom. The Balaban J connectivity index is 0. The van der Waals surface area contributed by atoms with Gasteiger partial charge in [0.05, 0.1) is 6.42 Å². The number of alkyl halides is 16. The van der Waals surface area contributed by atoms with Crippen LogP contribution in [0.15, 0.2) is 74.4 Å². The normalized spacial score (nSPS) is 22.2. The summed E-state index contributed by atoms with van der Waals surface area (Å²) < 4.78 is 230. The number of ether oxygens (including phenoxy) is 6. The van der Waals surface area contributed by atoms with E-state index in [4.69, 9.17) is 9.47 Å². The SMILES string of the molecule is C=C(C)C(=O)OC(C)C(F)(F)F.C=C(C)C(=O)OC1(CC)CCCC1.C=C(C)C(=O)OCC1(F)CCCC(F)(F)C1(F)F.C=CC(=O)OC1(CC)CCCC1.C=CC(=O)OCC1(F)CCCC(F)(F)C1(F)F.C=CC(=O)OCCC(F)(F)F. The van der Waals surface area contributed by atoms with Crippen LogP contribution >= 0.6 is 0 Å². The quantitative estimate of drug-likeness (QED) is 0.0588. The van der Waals surface area contributed by atoms with Crippen LogP contribution < -0.4 is 0 Å². The minimum atomic E-state index is -4.85. The second-order valence-corrected chi connectivity index (χ2v) is 19.8. The highest BCUT2D eigenvalue weighted by atomic mass is 19.4. The van der Waals surface area contributed by atoms with Crippen LogP contribution in [0.25, 0.3) is 0 Å². The van der Waals surface area contributed by atoms with Gasteiger partial charge in [-0.1, -0.05) is 53.3 Å². The molecule has 0 aromatic carbocycles. The summed E-state index contributed by atoms with van der Waals surface area (Å²) in [5.74, 6) is -23.2. The zero-order valence-electron chi connectivity index (χ0n) is 47.1. The Bertz CT molecular complexity index is 2210. The second-order valence-electron chi connectivity index (χ2n) is 19.8. The van der Waals surface area contributed by atoms with E-state index in [0.717, 1.165) is 51.5 Å². The Labute approximate surface area is 472 Å². The third kappa shape index (κ3) is 25.9. The van der Waals surface area contributed by atoms with E-state index in [0.29, 0.717) is 11.6 Å². The molecule has 3 unspecified atom stereocenters. The summed E-state index contributed by atoms with van der Waals surface area (Å²) in [7, 11) is 0. The molecule has 0 aliphatic heterocycles. The maximum absolute atomic E-state index is 13.9. The van der Waals surface area contributed by atoms with Crippen LogP contribution in [0.5, 0.6) is 0 Å². The Kier molecular flexibility index (Phi) is 32.0. The second kappa shape index (κ2) is 33.6. The minimum Gasteiger partial charge on any atom is -0.462 e. The largest absolute Gasteiger partial charge is 0.462 e. The first-order chi connectivity index (χ1) is 37.7. The zero-order valence-corrected chi connectivity index (χ0v) is 47.1. The topological polar surface area (TPSA) is 158 Å². The minimum absolute atomic E-state index is 0.0499. The van der Waals surface area contributed by atoms with Gasteiger partial charge in [0.15, 0.2) is 6.10 Å². The monoisotopic (exact) mass is 1230 g/mol. The van der Waals surface area contributed by atoms with Gasteiger partial charge in [-0.2, -0.15) is 61.5 Å². The van der Waals surface area contributed by atoms with Crippen LogP contribution in [0, 0.1) is 0 Å². The molecule has 478 valence electrons. The zero-order chi connectivity index (χ0) is 65.3. The van der Waals surface area contributed by atoms with E-state index in [1.807, 2.05) is 0 Å². The van der Waals surface area contributed by atoms with Crippen molar-refractivity contribution in [3.05, 3.63) is 74.4 Å². The maximum atomic E-state index is 13.9. The molecule has 0 amide bonds. The molecule has 83 heavy (non-hydrogen) atoms. The molecular weight excluding hydrogens is 1160 g/mol. The number of carbonyl (C=O) groups is 6. The van der Waals surface area contributed by atoms with Crippen molar-refractivity contribution in [3.8, 4) is 0 Å². The molecular formula is C55H74F16O12. The summed E-state index contributed by atoms with van der Waals surface area (Å²) >= 11 is 0. The molecule has 0 aromatic heterocycles. The summed E-state index contributed by atoms with van der Waals surface area (Å²) in [6, 6.07) is 0. The van der Waals surface area contributed by atoms with Gasteiger partial charge in [0, 0.05) is 47.8 Å². The van der Waals surface area contributed by atoms with Gasteiger partial charge in [0.1, 0.15) is 31.0 Å². The maximum Gasteiger partial charge on any atom is 0.425 e. The summed E-state index contributed by atoms with van der Waals surface area (Å²) in [5.41, 5.74) is -7.08. The number of hydrogen-bond acceptors (Lipinski definition) is 12. The van der Waals surface area contributed by atoms with Crippen molar-refractivity contribution in [3.63, 3.8) is 0 Å². The standard InChI is InChI=1S/C11H13F5O2.C11H18O2.C10H11F5O2.C10H16O2.C7H9F3O2.C6H7F3O2/c1-7(2)8(17)18-6-9(12)4-3-5-10(13,14)11(9,15)16;1-4-11(7-5-6-8-11)13-10(12)9(2)3;1-2-7(16)17-6-8(11)4-3-5-9(12,13)10(8,14)15;1-3-9(11)12-10(4-2)7-5-6-8-10;1-4(2)6(11)12-5(3)7(8,9)10;1-2-5(10)11-4-3-6(7,8)9/h1,3-6H2,2H3;2,4-8H2,1,3H3;2H,1,3-6H2;3H,1,4-8H2,2H3;5H,1H2,2-3H3;2H,1,3-4H2. The molecule has 0 heterocycles. The van der Waals surface area contributed by atoms with Gasteiger partial charge < -0.3 is 28.4 Å². The summed E-state index contributed by atoms with van der Waals surface area (Å²) in [6.07, 6.45) is -3.18. The highest BCUT2D eigenvalue weighted by molar-refractivity contribution is 5.88. The molecule has 0 bridgehead atoms. The van der Waals surface area contributed by atoms with E-state index in [9.17, 15) is 99.0 Å². The third-order valence-corrected chi connectivity index (χ3v) is 12.9. The molecule has 0 aromatic rings. The highest BCUT2D eigenvalue weighted by Crippen LogP contribution is 2.54. The van der Waals surface area contributed by atoms with Crippen LogP contribution in [0.3, 0.4) is 0 Å². The fraction of sp³-hybridized carbons (Fsp3) is 0.673. The molecule has 4 fully saturated rings. The van der Waals surface area contributed by atoms with Crippen molar-refractivity contribution in [1.82, 2.24) is 0 Å². The van der Waals surface area contributed by atoms with E-state index >= 15 is 0 Å². The van der Waals surface area contributed by atoms with Crippen LogP contribution in [-0.4, -0.2) is 120 Å². The first kappa shape index (κ1) is 79.2. The van der Waals surface area contributed by atoms with E-state index in [1.165, 1.54) is 45.6 Å². The van der Waals surface area contributed by atoms with E-state index < -0.39 is 142 Å². The lowest BCUT2D eigenvalue weighted by molar-refractivity contribution is -0.299. The number of halogens is 16. The number of hydrogen-bond donors (Lipinski definition) is 0. The van der Waals surface area contributed by atoms with Crippen LogP contribution in [0.2, 0.25) is 0 Å². The highest BCUT2D eigenvalue weighted by Gasteiger charge is 2.73. The fourth-order valence-corrected chi connectivity index (χ4v) is 7.63. The molecule has 3 atom stereocenters. The Morgan fingerprint density at radius 1 is 0.482 bits per heavy atom. The molecule has 12 nitrogen and oxygen atoms in total. The lowest BCUT2D eigenvalue weighted by atomic mass is 9.80.